The van der Waals surface area contributed by atoms with Crippen LogP contribution in [0.4, 0.5) is 0 Å². The summed E-state index contributed by atoms with van der Waals surface area (Å²) in [4.78, 5) is 75.8. The summed E-state index contributed by atoms with van der Waals surface area (Å²) in [6, 6.07) is -1.11. The van der Waals surface area contributed by atoms with Gasteiger partial charge in [0, 0.05) is 23.1 Å². The van der Waals surface area contributed by atoms with Crippen LogP contribution in [0.25, 0.3) is 10.4 Å². The number of H-pyrrole nitrogens is 1. The van der Waals surface area contributed by atoms with Crippen LogP contribution in [0, 0.1) is 6.92 Å². The Hall–Kier alpha value is -2.17. The van der Waals surface area contributed by atoms with Crippen molar-refractivity contribution in [3.05, 3.63) is 43.0 Å². The number of aromatic nitrogens is 2. The summed E-state index contributed by atoms with van der Waals surface area (Å²) in [5, 5.41) is 12.6. The first kappa shape index (κ1) is 29.1. The first-order valence-electron chi connectivity index (χ1n) is 8.95. The van der Waals surface area contributed by atoms with Crippen molar-refractivity contribution in [3.8, 4) is 0 Å². The van der Waals surface area contributed by atoms with Gasteiger partial charge in [-0.1, -0.05) is 5.11 Å². The highest BCUT2D eigenvalue weighted by molar-refractivity contribution is 7.68. The lowest BCUT2D eigenvalue weighted by atomic mass is 10.1. The second-order valence-corrected chi connectivity index (χ2v) is 11.6. The number of aliphatic carboxylic acids is 1. The Morgan fingerprint density at radius 2 is 1.94 bits per heavy atom. The van der Waals surface area contributed by atoms with E-state index in [1.807, 2.05) is 4.98 Å². The first-order chi connectivity index (χ1) is 16.0. The fourth-order valence-electron chi connectivity index (χ4n) is 2.85. The van der Waals surface area contributed by atoms with Crippen molar-refractivity contribution >= 4 is 29.2 Å². The molecule has 1 aromatic rings. The first-order valence-corrected chi connectivity index (χ1v) is 13.6. The maximum Gasteiger partial charge on any atom is 0.488 e. The number of ether oxygens (including phenoxy) is 2. The molecule has 20 nitrogen and oxygen atoms in total. The van der Waals surface area contributed by atoms with E-state index >= 15 is 0 Å². The smallest absolute Gasteiger partial charge is 0.479 e. The Labute approximate surface area is 193 Å². The minimum absolute atomic E-state index is 0.128. The van der Waals surface area contributed by atoms with Crippen molar-refractivity contribution in [3.63, 3.8) is 0 Å². The predicted molar refractivity (Wildman–Crippen MR) is 109 cm³/mol. The van der Waals surface area contributed by atoms with Crippen LogP contribution in [-0.2, 0) is 36.6 Å². The zero-order chi connectivity index (χ0) is 26.8. The molecule has 2 heterocycles. The molecule has 0 radical (unpaired) electrons. The number of phosphoric acid groups is 2. The van der Waals surface area contributed by atoms with Crippen molar-refractivity contribution in [1.82, 2.24) is 9.55 Å². The number of carbonyl (C=O) groups is 1. The number of hydrogen-bond donors (Lipinski definition) is 6. The molecule has 1 aliphatic rings. The third kappa shape index (κ3) is 7.91. The average Bonchev–Trinajstić information content (AvgIpc) is 3.04. The molecule has 0 aromatic carbocycles. The molecule has 0 aliphatic carbocycles. The van der Waals surface area contributed by atoms with Gasteiger partial charge >= 0.3 is 34.9 Å². The SMILES string of the molecule is Cc1cn([C@H]2C[C@H](N=[N+]=[N-])[C@@H](COC(C(=O)O)P(=O)(O)OP(=O)(O)OP(=O)(O)O)O2)c(=O)[nH]c1=O. The highest BCUT2D eigenvalue weighted by Crippen LogP contribution is 2.67. The predicted octanol–water partition coefficient (Wildman–Crippen LogP) is -0.350. The largest absolute Gasteiger partial charge is 0.488 e. The van der Waals surface area contributed by atoms with E-state index in [0.29, 0.717) is 0 Å². The molecule has 35 heavy (non-hydrogen) atoms. The van der Waals surface area contributed by atoms with E-state index in [-0.39, 0.29) is 12.0 Å². The van der Waals surface area contributed by atoms with Crippen molar-refractivity contribution in [2.24, 2.45) is 5.11 Å². The summed E-state index contributed by atoms with van der Waals surface area (Å²) in [6.45, 7) is 0.485. The fourth-order valence-corrected chi connectivity index (χ4v) is 6.40. The van der Waals surface area contributed by atoms with Crippen LogP contribution in [0.2, 0.25) is 0 Å². The Balaban J connectivity index is 2.23. The van der Waals surface area contributed by atoms with Crippen LogP contribution in [0.1, 0.15) is 18.2 Å². The van der Waals surface area contributed by atoms with Crippen LogP contribution in [0.15, 0.2) is 20.9 Å². The third-order valence-corrected chi connectivity index (χ3v) is 8.62. The standard InChI is InChI=1S/C12H18N5O15P3/c1-5-3-17(12(21)14-9(5)18)8-2-6(15-16-13)7(30-8)4-29-11(10(19)20)33(22,23)31-35(27,28)32-34(24,25)26/h3,6-8,11H,2,4H2,1H3,(H,19,20)(H,22,23)(H,27,28)(H,14,18,21)(H2,24,25,26)/t6-,7+,8+,11?/m0/s1. The van der Waals surface area contributed by atoms with E-state index in [2.05, 4.69) is 18.6 Å². The molecule has 1 saturated heterocycles. The molecule has 0 amide bonds. The number of aromatic amines is 1. The molecule has 6 N–H and O–H groups in total. The Kier molecular flexibility index (Phi) is 9.00. The van der Waals surface area contributed by atoms with Crippen molar-refractivity contribution in [1.29, 1.82) is 0 Å². The normalized spacial score (nSPS) is 24.7. The number of aryl methyl sites for hydroxylation is 1. The zero-order valence-corrected chi connectivity index (χ0v) is 19.9. The van der Waals surface area contributed by atoms with Gasteiger partial charge in [0.25, 0.3) is 11.4 Å². The molecule has 0 saturated carbocycles. The molecule has 6 atom stereocenters. The summed E-state index contributed by atoms with van der Waals surface area (Å²) in [5.74, 6) is -5.09. The highest BCUT2D eigenvalue weighted by Gasteiger charge is 2.49. The van der Waals surface area contributed by atoms with Crippen molar-refractivity contribution in [2.45, 2.75) is 37.6 Å². The van der Waals surface area contributed by atoms with Crippen molar-refractivity contribution in [2.75, 3.05) is 6.61 Å². The van der Waals surface area contributed by atoms with Gasteiger partial charge < -0.3 is 34.2 Å². The van der Waals surface area contributed by atoms with Gasteiger partial charge in [-0.25, -0.2) is 23.0 Å². The van der Waals surface area contributed by atoms with E-state index in [4.69, 9.17) is 24.8 Å². The number of azide groups is 1. The lowest BCUT2D eigenvalue weighted by Gasteiger charge is -2.23. The maximum absolute atomic E-state index is 12.2. The van der Waals surface area contributed by atoms with Crippen molar-refractivity contribution < 1.29 is 61.3 Å². The summed E-state index contributed by atoms with van der Waals surface area (Å²) in [7, 11) is -17.5. The average molecular weight is 565 g/mol. The zero-order valence-electron chi connectivity index (χ0n) is 17.3. The monoisotopic (exact) mass is 565 g/mol. The van der Waals surface area contributed by atoms with Crippen LogP contribution < -0.4 is 11.2 Å². The quantitative estimate of drug-likeness (QED) is 0.0864. The number of carboxylic acids is 1. The van der Waals surface area contributed by atoms with Gasteiger partial charge in [0.15, 0.2) is 0 Å². The Morgan fingerprint density at radius 1 is 1.31 bits per heavy atom. The lowest BCUT2D eigenvalue weighted by molar-refractivity contribution is -0.148. The van der Waals surface area contributed by atoms with E-state index in [1.165, 1.54) is 6.92 Å². The number of hydrogen-bond acceptors (Lipinski definition) is 11. The van der Waals surface area contributed by atoms with Crippen LogP contribution in [-0.4, -0.2) is 64.8 Å². The maximum atomic E-state index is 12.2. The summed E-state index contributed by atoms with van der Waals surface area (Å²) in [6.07, 6.45) is -1.49. The summed E-state index contributed by atoms with van der Waals surface area (Å²) >= 11 is 0. The molecule has 3 unspecified atom stereocenters. The molecule has 0 bridgehead atoms. The Bertz CT molecular complexity index is 1280. The van der Waals surface area contributed by atoms with Gasteiger partial charge in [0.1, 0.15) is 6.23 Å². The third-order valence-electron chi connectivity index (χ3n) is 4.22. The van der Waals surface area contributed by atoms with Gasteiger partial charge in [-0.3, -0.25) is 18.9 Å². The van der Waals surface area contributed by atoms with E-state index in [0.717, 1.165) is 10.8 Å². The number of nitrogens with one attached hydrogen (secondary N) is 1. The van der Waals surface area contributed by atoms with Gasteiger partial charge in [-0.15, -0.1) is 0 Å². The second kappa shape index (κ2) is 10.8. The summed E-state index contributed by atoms with van der Waals surface area (Å²) < 4.78 is 52.8. The molecular formula is C12H18N5O15P3. The molecule has 23 heteroatoms. The van der Waals surface area contributed by atoms with Gasteiger partial charge in [-0.05, 0) is 12.5 Å². The molecule has 2 rings (SSSR count). The van der Waals surface area contributed by atoms with E-state index in [1.54, 1.807) is 0 Å². The molecule has 1 aromatic heterocycles. The lowest BCUT2D eigenvalue weighted by Crippen LogP contribution is -2.34. The van der Waals surface area contributed by atoms with Gasteiger partial charge in [0.05, 0.1) is 18.8 Å². The highest BCUT2D eigenvalue weighted by atomic mass is 31.3. The number of carboxylic acid groups (broad SMARTS) is 1. The Morgan fingerprint density at radius 3 is 2.49 bits per heavy atom. The van der Waals surface area contributed by atoms with Gasteiger partial charge in [-0.2, -0.15) is 4.31 Å². The molecule has 196 valence electrons. The molecule has 1 aliphatic heterocycles. The minimum atomic E-state index is -5.95. The molecule has 1 fully saturated rings. The van der Waals surface area contributed by atoms with Crippen LogP contribution >= 0.6 is 23.2 Å². The van der Waals surface area contributed by atoms with Crippen LogP contribution in [0.3, 0.4) is 0 Å². The van der Waals surface area contributed by atoms with E-state index < -0.39 is 71.3 Å². The number of nitrogens with zero attached hydrogens (tertiary/aromatic N) is 4. The van der Waals surface area contributed by atoms with Gasteiger partial charge in [0.2, 0.25) is 0 Å². The topological polar surface area (TPSA) is 310 Å². The van der Waals surface area contributed by atoms with E-state index in [9.17, 15) is 43.0 Å². The second-order valence-electron chi connectivity index (χ2n) is 6.83. The summed E-state index contributed by atoms with van der Waals surface area (Å²) in [5.41, 5.74) is 7.34. The fraction of sp³-hybridized carbons (Fsp3) is 0.583. The molecule has 0 spiro atoms. The minimum Gasteiger partial charge on any atom is -0.479 e. The number of rotatable bonds is 11. The molecular weight excluding hydrogens is 547 g/mol. The van der Waals surface area contributed by atoms with Crippen LogP contribution in [0.5, 0.6) is 0 Å².